The average Bonchev–Trinajstić information content (AvgIpc) is 3.24. The Bertz CT molecular complexity index is 982. The van der Waals surface area contributed by atoms with Gasteiger partial charge >= 0.3 is 0 Å². The maximum Gasteiger partial charge on any atom is 0.230 e. The summed E-state index contributed by atoms with van der Waals surface area (Å²) in [6.07, 6.45) is 1.65. The van der Waals surface area contributed by atoms with Crippen LogP contribution in [0.25, 0.3) is 5.69 Å². The van der Waals surface area contributed by atoms with Crippen molar-refractivity contribution in [1.82, 2.24) is 20.1 Å². The number of amides is 1. The number of hydrogen-bond donors (Lipinski definition) is 1. The summed E-state index contributed by atoms with van der Waals surface area (Å²) < 4.78 is 7.07. The lowest BCUT2D eigenvalue weighted by molar-refractivity contribution is -0.119. The zero-order valence-corrected chi connectivity index (χ0v) is 19.5. The molecule has 0 saturated heterocycles. The maximum absolute atomic E-state index is 12.7. The highest BCUT2D eigenvalue weighted by atomic mass is 32.2. The summed E-state index contributed by atoms with van der Waals surface area (Å²) in [6, 6.07) is 16.1. The SMILES string of the molecule is COc1ccc(-n2cnnc2SCC(=O)NC(c2ccc(C(C)C)cc2)C(C)C)cc1. The van der Waals surface area contributed by atoms with E-state index < -0.39 is 0 Å². The Labute approximate surface area is 188 Å². The van der Waals surface area contributed by atoms with E-state index in [9.17, 15) is 4.79 Å². The Morgan fingerprint density at radius 1 is 1.03 bits per heavy atom. The summed E-state index contributed by atoms with van der Waals surface area (Å²) in [7, 11) is 1.64. The van der Waals surface area contributed by atoms with E-state index in [-0.39, 0.29) is 23.6 Å². The molecule has 0 radical (unpaired) electrons. The first-order valence-corrected chi connectivity index (χ1v) is 11.4. The largest absolute Gasteiger partial charge is 0.497 e. The van der Waals surface area contributed by atoms with E-state index in [2.05, 4.69) is 67.5 Å². The Kier molecular flexibility index (Phi) is 7.74. The molecule has 0 aliphatic heterocycles. The van der Waals surface area contributed by atoms with Gasteiger partial charge in [-0.25, -0.2) is 0 Å². The fourth-order valence-corrected chi connectivity index (χ4v) is 4.05. The van der Waals surface area contributed by atoms with Crippen molar-refractivity contribution in [3.05, 3.63) is 66.0 Å². The van der Waals surface area contributed by atoms with Crippen LogP contribution in [0.5, 0.6) is 5.75 Å². The number of hydrogen-bond acceptors (Lipinski definition) is 5. The van der Waals surface area contributed by atoms with Crippen LogP contribution in [0, 0.1) is 5.92 Å². The third-order valence-electron chi connectivity index (χ3n) is 5.14. The van der Waals surface area contributed by atoms with Crippen LogP contribution in [0.1, 0.15) is 50.8 Å². The molecule has 6 nitrogen and oxygen atoms in total. The van der Waals surface area contributed by atoms with E-state index in [0.717, 1.165) is 17.0 Å². The van der Waals surface area contributed by atoms with Crippen LogP contribution in [0.2, 0.25) is 0 Å². The third-order valence-corrected chi connectivity index (χ3v) is 6.09. The van der Waals surface area contributed by atoms with Crippen molar-refractivity contribution in [2.24, 2.45) is 5.92 Å². The number of aromatic nitrogens is 3. The summed E-state index contributed by atoms with van der Waals surface area (Å²) >= 11 is 1.37. The van der Waals surface area contributed by atoms with Gasteiger partial charge in [0, 0.05) is 5.69 Å². The van der Waals surface area contributed by atoms with Crippen LogP contribution in [0.15, 0.2) is 60.0 Å². The molecule has 1 N–H and O–H groups in total. The highest BCUT2D eigenvalue weighted by molar-refractivity contribution is 7.99. The van der Waals surface area contributed by atoms with E-state index in [0.29, 0.717) is 11.1 Å². The Balaban J connectivity index is 1.64. The van der Waals surface area contributed by atoms with Crippen LogP contribution in [0.3, 0.4) is 0 Å². The lowest BCUT2D eigenvalue weighted by Crippen LogP contribution is -2.33. The van der Waals surface area contributed by atoms with Crippen LogP contribution in [-0.2, 0) is 4.79 Å². The zero-order chi connectivity index (χ0) is 22.4. The molecular formula is C24H30N4O2S. The minimum absolute atomic E-state index is 0.0269. The van der Waals surface area contributed by atoms with Crippen LogP contribution < -0.4 is 10.1 Å². The zero-order valence-electron chi connectivity index (χ0n) is 18.7. The molecule has 7 heteroatoms. The second-order valence-corrected chi connectivity index (χ2v) is 9.02. The first-order chi connectivity index (χ1) is 14.9. The van der Waals surface area contributed by atoms with E-state index in [1.807, 2.05) is 28.8 Å². The monoisotopic (exact) mass is 438 g/mol. The van der Waals surface area contributed by atoms with Gasteiger partial charge < -0.3 is 10.1 Å². The number of carbonyl (C=O) groups excluding carboxylic acids is 1. The van der Waals surface area contributed by atoms with Crippen molar-refractivity contribution in [3.63, 3.8) is 0 Å². The summed E-state index contributed by atoms with van der Waals surface area (Å²) in [4.78, 5) is 12.7. The first kappa shape index (κ1) is 22.9. The van der Waals surface area contributed by atoms with Crippen molar-refractivity contribution in [2.75, 3.05) is 12.9 Å². The molecule has 3 rings (SSSR count). The standard InChI is InChI=1S/C24H30N4O2S/c1-16(2)18-6-8-19(9-7-18)23(17(3)4)26-22(29)14-31-24-27-25-15-28(24)20-10-12-21(30-5)13-11-20/h6-13,15-17,23H,14H2,1-5H3,(H,26,29). The molecule has 0 saturated carbocycles. The van der Waals surface area contributed by atoms with E-state index in [4.69, 9.17) is 4.74 Å². The second-order valence-electron chi connectivity index (χ2n) is 8.08. The highest BCUT2D eigenvalue weighted by Gasteiger charge is 2.19. The number of benzene rings is 2. The van der Waals surface area contributed by atoms with Gasteiger partial charge in [-0.05, 0) is 47.2 Å². The van der Waals surface area contributed by atoms with Crippen molar-refractivity contribution in [2.45, 2.75) is 44.8 Å². The molecule has 0 bridgehead atoms. The third kappa shape index (κ3) is 5.88. The Morgan fingerprint density at radius 3 is 2.26 bits per heavy atom. The van der Waals surface area contributed by atoms with Crippen molar-refractivity contribution < 1.29 is 9.53 Å². The molecule has 1 amide bonds. The topological polar surface area (TPSA) is 69.0 Å². The molecular weight excluding hydrogens is 408 g/mol. The van der Waals surface area contributed by atoms with Crippen LogP contribution in [-0.4, -0.2) is 33.5 Å². The lowest BCUT2D eigenvalue weighted by atomic mass is 9.93. The predicted molar refractivity (Wildman–Crippen MR) is 125 cm³/mol. The second kappa shape index (κ2) is 10.5. The molecule has 1 unspecified atom stereocenters. The minimum Gasteiger partial charge on any atom is -0.497 e. The van der Waals surface area contributed by atoms with Gasteiger partial charge in [-0.2, -0.15) is 0 Å². The molecule has 2 aromatic carbocycles. The lowest BCUT2D eigenvalue weighted by Gasteiger charge is -2.23. The molecule has 0 aliphatic carbocycles. The number of carbonyl (C=O) groups is 1. The van der Waals surface area contributed by atoms with Crippen LogP contribution in [0.4, 0.5) is 0 Å². The Hall–Kier alpha value is -2.80. The van der Waals surface area contributed by atoms with Crippen molar-refractivity contribution >= 4 is 17.7 Å². The molecule has 1 heterocycles. The summed E-state index contributed by atoms with van der Waals surface area (Å²) in [6.45, 7) is 8.60. The van der Waals surface area contributed by atoms with Crippen LogP contribution >= 0.6 is 11.8 Å². The van der Waals surface area contributed by atoms with E-state index in [1.165, 1.54) is 17.3 Å². The molecule has 1 atom stereocenters. The molecule has 3 aromatic rings. The molecule has 0 spiro atoms. The summed E-state index contributed by atoms with van der Waals surface area (Å²) in [5, 5.41) is 12.0. The fourth-order valence-electron chi connectivity index (χ4n) is 3.31. The number of methoxy groups -OCH3 is 1. The van der Waals surface area contributed by atoms with Gasteiger partial charge in [0.2, 0.25) is 5.91 Å². The number of nitrogens with one attached hydrogen (secondary N) is 1. The van der Waals surface area contributed by atoms with Crippen molar-refractivity contribution in [1.29, 1.82) is 0 Å². The molecule has 0 fully saturated rings. The molecule has 164 valence electrons. The van der Waals surface area contributed by atoms with Gasteiger partial charge in [0.15, 0.2) is 5.16 Å². The molecule has 31 heavy (non-hydrogen) atoms. The van der Waals surface area contributed by atoms with Gasteiger partial charge in [-0.3, -0.25) is 9.36 Å². The van der Waals surface area contributed by atoms with E-state index in [1.54, 1.807) is 13.4 Å². The Morgan fingerprint density at radius 2 is 1.68 bits per heavy atom. The summed E-state index contributed by atoms with van der Waals surface area (Å²) in [5.74, 6) is 1.79. The van der Waals surface area contributed by atoms with Gasteiger partial charge in [0.1, 0.15) is 12.1 Å². The van der Waals surface area contributed by atoms with Gasteiger partial charge in [-0.15, -0.1) is 10.2 Å². The number of thioether (sulfide) groups is 1. The quantitative estimate of drug-likeness (QED) is 0.476. The normalized spacial score (nSPS) is 12.2. The van der Waals surface area contributed by atoms with Gasteiger partial charge in [-0.1, -0.05) is 63.7 Å². The maximum atomic E-state index is 12.7. The smallest absolute Gasteiger partial charge is 0.230 e. The van der Waals surface area contributed by atoms with Gasteiger partial charge in [0.25, 0.3) is 0 Å². The number of nitrogens with zero attached hydrogens (tertiary/aromatic N) is 3. The van der Waals surface area contributed by atoms with E-state index >= 15 is 0 Å². The number of rotatable bonds is 9. The molecule has 0 aliphatic rings. The predicted octanol–water partition coefficient (Wildman–Crippen LogP) is 5.00. The first-order valence-electron chi connectivity index (χ1n) is 10.5. The number of ether oxygens (including phenoxy) is 1. The average molecular weight is 439 g/mol. The minimum atomic E-state index is -0.0335. The van der Waals surface area contributed by atoms with Crippen molar-refractivity contribution in [3.8, 4) is 11.4 Å². The highest BCUT2D eigenvalue weighted by Crippen LogP contribution is 2.25. The molecule has 1 aromatic heterocycles. The summed E-state index contributed by atoms with van der Waals surface area (Å²) in [5.41, 5.74) is 3.34. The fraction of sp³-hybridized carbons (Fsp3) is 0.375. The van der Waals surface area contributed by atoms with Gasteiger partial charge in [0.05, 0.1) is 18.9 Å².